The summed E-state index contributed by atoms with van der Waals surface area (Å²) in [5.41, 5.74) is 2.07. The standard InChI is InChI=1S/C16H19NO3S2/c1-5-11-7-12(16(19)20-6-2)15(22-11)17-14(18)13-8-21-10(4)9(13)3/h7-8H,5-6H2,1-4H3,(H,17,18). The zero-order chi connectivity index (χ0) is 16.3. The lowest BCUT2D eigenvalue weighted by molar-refractivity contribution is 0.0528. The average Bonchev–Trinajstić information content (AvgIpc) is 3.04. The fourth-order valence-electron chi connectivity index (χ4n) is 1.98. The number of hydrogen-bond acceptors (Lipinski definition) is 5. The molecule has 0 spiro atoms. The van der Waals surface area contributed by atoms with Gasteiger partial charge in [-0.1, -0.05) is 6.92 Å². The molecule has 2 rings (SSSR count). The van der Waals surface area contributed by atoms with Crippen LogP contribution in [0.5, 0.6) is 0 Å². The van der Waals surface area contributed by atoms with E-state index in [-0.39, 0.29) is 5.91 Å². The number of rotatable bonds is 5. The number of thiophene rings is 2. The fourth-order valence-corrected chi connectivity index (χ4v) is 3.82. The highest BCUT2D eigenvalue weighted by Crippen LogP contribution is 2.30. The Morgan fingerprint density at radius 1 is 1.23 bits per heavy atom. The lowest BCUT2D eigenvalue weighted by atomic mass is 10.1. The van der Waals surface area contributed by atoms with E-state index in [2.05, 4.69) is 5.32 Å². The minimum absolute atomic E-state index is 0.183. The van der Waals surface area contributed by atoms with E-state index in [0.29, 0.717) is 22.7 Å². The molecule has 118 valence electrons. The molecule has 4 nitrogen and oxygen atoms in total. The van der Waals surface area contributed by atoms with Crippen molar-refractivity contribution < 1.29 is 14.3 Å². The number of carbonyl (C=O) groups excluding carboxylic acids is 2. The Labute approximate surface area is 138 Å². The van der Waals surface area contributed by atoms with Crippen LogP contribution < -0.4 is 5.32 Å². The summed E-state index contributed by atoms with van der Waals surface area (Å²) in [5.74, 6) is -0.580. The number of nitrogens with one attached hydrogen (secondary N) is 1. The van der Waals surface area contributed by atoms with Crippen LogP contribution >= 0.6 is 22.7 Å². The SMILES string of the molecule is CCOC(=O)c1cc(CC)sc1NC(=O)c1csc(C)c1C. The summed E-state index contributed by atoms with van der Waals surface area (Å²) >= 11 is 2.97. The Kier molecular flexibility index (Phi) is 5.37. The van der Waals surface area contributed by atoms with Crippen LogP contribution in [0.1, 0.15) is 49.9 Å². The van der Waals surface area contributed by atoms with Gasteiger partial charge < -0.3 is 10.1 Å². The van der Waals surface area contributed by atoms with Gasteiger partial charge in [0.2, 0.25) is 0 Å². The molecule has 0 radical (unpaired) electrons. The Hall–Kier alpha value is -1.66. The predicted molar refractivity (Wildman–Crippen MR) is 91.4 cm³/mol. The third kappa shape index (κ3) is 3.39. The van der Waals surface area contributed by atoms with Gasteiger partial charge in [0.25, 0.3) is 5.91 Å². The number of carbonyl (C=O) groups is 2. The summed E-state index contributed by atoms with van der Waals surface area (Å²) in [6.45, 7) is 8.01. The highest BCUT2D eigenvalue weighted by Gasteiger charge is 2.20. The van der Waals surface area contributed by atoms with Gasteiger partial charge in [-0.2, -0.15) is 0 Å². The van der Waals surface area contributed by atoms with Gasteiger partial charge in [0.15, 0.2) is 0 Å². The molecule has 1 amide bonds. The summed E-state index contributed by atoms with van der Waals surface area (Å²) in [6, 6.07) is 1.80. The number of esters is 1. The molecule has 0 saturated heterocycles. The zero-order valence-electron chi connectivity index (χ0n) is 13.1. The largest absolute Gasteiger partial charge is 0.462 e. The van der Waals surface area contributed by atoms with E-state index in [1.807, 2.05) is 26.2 Å². The molecule has 2 aromatic rings. The predicted octanol–water partition coefficient (Wildman–Crippen LogP) is 4.42. The Morgan fingerprint density at radius 2 is 1.95 bits per heavy atom. The van der Waals surface area contributed by atoms with Gasteiger partial charge in [0.1, 0.15) is 5.00 Å². The molecule has 2 aromatic heterocycles. The van der Waals surface area contributed by atoms with Gasteiger partial charge in [-0.15, -0.1) is 22.7 Å². The molecule has 0 fully saturated rings. The third-order valence-electron chi connectivity index (χ3n) is 3.38. The van der Waals surface area contributed by atoms with Crippen LogP contribution in [-0.4, -0.2) is 18.5 Å². The number of ether oxygens (including phenoxy) is 1. The topological polar surface area (TPSA) is 55.4 Å². The summed E-state index contributed by atoms with van der Waals surface area (Å²) in [7, 11) is 0. The van der Waals surface area contributed by atoms with E-state index in [9.17, 15) is 9.59 Å². The number of amides is 1. The second-order valence-electron chi connectivity index (χ2n) is 4.81. The Morgan fingerprint density at radius 3 is 2.50 bits per heavy atom. The van der Waals surface area contributed by atoms with Crippen molar-refractivity contribution in [3.05, 3.63) is 37.9 Å². The van der Waals surface area contributed by atoms with E-state index in [1.165, 1.54) is 11.3 Å². The van der Waals surface area contributed by atoms with E-state index >= 15 is 0 Å². The van der Waals surface area contributed by atoms with Crippen LogP contribution in [0.4, 0.5) is 5.00 Å². The van der Waals surface area contributed by atoms with Crippen molar-refractivity contribution in [1.82, 2.24) is 0 Å². The van der Waals surface area contributed by atoms with Gasteiger partial charge >= 0.3 is 5.97 Å². The summed E-state index contributed by atoms with van der Waals surface area (Å²) < 4.78 is 5.06. The maximum Gasteiger partial charge on any atom is 0.341 e. The van der Waals surface area contributed by atoms with Crippen LogP contribution in [0.3, 0.4) is 0 Å². The van der Waals surface area contributed by atoms with Crippen molar-refractivity contribution in [2.75, 3.05) is 11.9 Å². The Balaban J connectivity index is 2.28. The normalized spacial score (nSPS) is 10.5. The molecule has 2 heterocycles. The van der Waals surface area contributed by atoms with Gasteiger partial charge in [-0.3, -0.25) is 4.79 Å². The summed E-state index contributed by atoms with van der Waals surface area (Å²) in [4.78, 5) is 26.6. The van der Waals surface area contributed by atoms with Crippen molar-refractivity contribution in [3.63, 3.8) is 0 Å². The molecule has 0 aliphatic heterocycles. The van der Waals surface area contributed by atoms with Crippen LogP contribution in [0.2, 0.25) is 0 Å². The third-order valence-corrected chi connectivity index (χ3v) is 5.59. The van der Waals surface area contributed by atoms with Crippen LogP contribution in [0.25, 0.3) is 0 Å². The lowest BCUT2D eigenvalue weighted by Crippen LogP contribution is -2.14. The molecule has 0 aliphatic carbocycles. The smallest absolute Gasteiger partial charge is 0.341 e. The van der Waals surface area contributed by atoms with Crippen LogP contribution in [0, 0.1) is 13.8 Å². The van der Waals surface area contributed by atoms with Crippen molar-refractivity contribution in [1.29, 1.82) is 0 Å². The molecule has 0 atom stereocenters. The van der Waals surface area contributed by atoms with Crippen molar-refractivity contribution in [2.45, 2.75) is 34.1 Å². The summed E-state index contributed by atoms with van der Waals surface area (Å²) in [5, 5.41) is 5.26. The molecule has 1 N–H and O–H groups in total. The molecule has 0 saturated carbocycles. The second-order valence-corrected chi connectivity index (χ2v) is 7.03. The average molecular weight is 337 g/mol. The van der Waals surface area contributed by atoms with E-state index in [1.54, 1.807) is 24.3 Å². The Bertz CT molecular complexity index is 700. The van der Waals surface area contributed by atoms with Crippen molar-refractivity contribution >= 4 is 39.6 Å². The summed E-state index contributed by atoms with van der Waals surface area (Å²) in [6.07, 6.45) is 0.809. The number of hydrogen-bond donors (Lipinski definition) is 1. The number of aryl methyl sites for hydroxylation is 2. The van der Waals surface area contributed by atoms with Crippen LogP contribution in [-0.2, 0) is 11.2 Å². The molecule has 0 bridgehead atoms. The first-order chi connectivity index (χ1) is 10.5. The van der Waals surface area contributed by atoms with Crippen LogP contribution in [0.15, 0.2) is 11.4 Å². The second kappa shape index (κ2) is 7.07. The molecular formula is C16H19NO3S2. The van der Waals surface area contributed by atoms with E-state index < -0.39 is 5.97 Å². The quantitative estimate of drug-likeness (QED) is 0.822. The highest BCUT2D eigenvalue weighted by atomic mass is 32.1. The van der Waals surface area contributed by atoms with E-state index in [4.69, 9.17) is 4.74 Å². The minimum atomic E-state index is -0.396. The van der Waals surface area contributed by atoms with Gasteiger partial charge in [0, 0.05) is 15.1 Å². The molecule has 6 heteroatoms. The molecule has 0 unspecified atom stereocenters. The molecule has 0 aliphatic rings. The first-order valence-corrected chi connectivity index (χ1v) is 8.83. The highest BCUT2D eigenvalue weighted by molar-refractivity contribution is 7.16. The zero-order valence-corrected chi connectivity index (χ0v) is 14.7. The van der Waals surface area contributed by atoms with E-state index in [0.717, 1.165) is 21.7 Å². The molecule has 0 aromatic carbocycles. The van der Waals surface area contributed by atoms with Crippen molar-refractivity contribution in [2.24, 2.45) is 0 Å². The fraction of sp³-hybridized carbons (Fsp3) is 0.375. The monoisotopic (exact) mass is 337 g/mol. The maximum atomic E-state index is 12.4. The first-order valence-electron chi connectivity index (χ1n) is 7.13. The van der Waals surface area contributed by atoms with Gasteiger partial charge in [0.05, 0.1) is 17.7 Å². The van der Waals surface area contributed by atoms with Gasteiger partial charge in [-0.25, -0.2) is 4.79 Å². The minimum Gasteiger partial charge on any atom is -0.462 e. The first kappa shape index (κ1) is 16.7. The maximum absolute atomic E-state index is 12.4. The lowest BCUT2D eigenvalue weighted by Gasteiger charge is -2.06. The van der Waals surface area contributed by atoms with Gasteiger partial charge in [-0.05, 0) is 38.8 Å². The molecule has 22 heavy (non-hydrogen) atoms. The number of anilines is 1. The van der Waals surface area contributed by atoms with Crippen molar-refractivity contribution in [3.8, 4) is 0 Å². The molecular weight excluding hydrogens is 318 g/mol.